The average Bonchev–Trinajstić information content (AvgIpc) is 2.55. The van der Waals surface area contributed by atoms with Gasteiger partial charge in [0.05, 0.1) is 0 Å². The zero-order chi connectivity index (χ0) is 21.5. The Bertz CT molecular complexity index is 607. The van der Waals surface area contributed by atoms with E-state index in [9.17, 15) is 9.90 Å². The summed E-state index contributed by atoms with van der Waals surface area (Å²) in [6.45, 7) is 12.8. The van der Waals surface area contributed by atoms with Gasteiger partial charge < -0.3 is 5.11 Å². The maximum Gasteiger partial charge on any atom is 0.245 e. The lowest BCUT2D eigenvalue weighted by atomic mass is 9.79. The number of nitrogens with zero attached hydrogens (tertiary/aromatic N) is 1. The van der Waals surface area contributed by atoms with Gasteiger partial charge in [0.25, 0.3) is 0 Å². The third-order valence-corrected chi connectivity index (χ3v) is 5.93. The van der Waals surface area contributed by atoms with E-state index in [0.29, 0.717) is 17.2 Å². The summed E-state index contributed by atoms with van der Waals surface area (Å²) in [5.41, 5.74) is 1.84. The third kappa shape index (κ3) is 8.04. The number of hydrogen-bond acceptors (Lipinski definition) is 4. The van der Waals surface area contributed by atoms with Gasteiger partial charge in [-0.25, -0.2) is 5.06 Å². The summed E-state index contributed by atoms with van der Waals surface area (Å²) in [5, 5.41) is 20.5. The number of carbonyl (C=O) groups is 1. The maximum atomic E-state index is 11.3. The Kier molecular flexibility index (Phi) is 9.35. The van der Waals surface area contributed by atoms with E-state index in [1.807, 2.05) is 11.8 Å². The summed E-state index contributed by atoms with van der Waals surface area (Å²) in [7, 11) is 1.37. The van der Waals surface area contributed by atoms with Crippen molar-refractivity contribution in [2.45, 2.75) is 95.8 Å². The predicted octanol–water partition coefficient (Wildman–Crippen LogP) is 6.27. The fourth-order valence-corrected chi connectivity index (χ4v) is 4.08. The first kappa shape index (κ1) is 24.8. The molecule has 0 aromatic heterocycles. The van der Waals surface area contributed by atoms with Gasteiger partial charge in [0, 0.05) is 29.5 Å². The van der Waals surface area contributed by atoms with Crippen LogP contribution in [0, 0.1) is 0 Å². The second-order valence-corrected chi connectivity index (χ2v) is 10.8. The maximum absolute atomic E-state index is 11.3. The number of phenolic OH excluding ortho intramolecular Hbond substituents is 1. The molecule has 0 aliphatic rings. The minimum Gasteiger partial charge on any atom is -0.507 e. The lowest BCUT2D eigenvalue weighted by Gasteiger charge is -2.28. The van der Waals surface area contributed by atoms with Crippen LogP contribution >= 0.6 is 11.8 Å². The first-order valence-corrected chi connectivity index (χ1v) is 11.3. The van der Waals surface area contributed by atoms with Crippen molar-refractivity contribution in [3.63, 3.8) is 0 Å². The Hall–Kier alpha value is -1.20. The molecule has 1 rings (SSSR count). The van der Waals surface area contributed by atoms with Gasteiger partial charge in [0.1, 0.15) is 5.75 Å². The van der Waals surface area contributed by atoms with Crippen molar-refractivity contribution in [1.82, 2.24) is 5.06 Å². The minimum absolute atomic E-state index is 0.0965. The Labute approximate surface area is 175 Å². The van der Waals surface area contributed by atoms with Crippen molar-refractivity contribution in [2.24, 2.45) is 0 Å². The molecule has 0 saturated carbocycles. The lowest BCUT2D eigenvalue weighted by molar-refractivity contribution is -0.159. The van der Waals surface area contributed by atoms with Crippen LogP contribution in [-0.4, -0.2) is 34.1 Å². The van der Waals surface area contributed by atoms with Gasteiger partial charge in [-0.1, -0.05) is 60.8 Å². The minimum atomic E-state index is -0.216. The van der Waals surface area contributed by atoms with Crippen LogP contribution in [0.4, 0.5) is 0 Å². The average molecular weight is 410 g/mol. The fourth-order valence-electron chi connectivity index (χ4n) is 3.10. The van der Waals surface area contributed by atoms with E-state index in [1.54, 1.807) is 0 Å². The van der Waals surface area contributed by atoms with Gasteiger partial charge in [-0.05, 0) is 41.6 Å². The van der Waals surface area contributed by atoms with E-state index in [-0.39, 0.29) is 16.7 Å². The number of benzene rings is 1. The molecule has 0 heterocycles. The summed E-state index contributed by atoms with van der Waals surface area (Å²) < 4.78 is 0. The van der Waals surface area contributed by atoms with Crippen molar-refractivity contribution >= 4 is 17.7 Å². The van der Waals surface area contributed by atoms with Gasteiger partial charge in [-0.3, -0.25) is 10.0 Å². The van der Waals surface area contributed by atoms with Crippen molar-refractivity contribution in [1.29, 1.82) is 0 Å². The first-order valence-electron chi connectivity index (χ1n) is 10.3. The highest BCUT2D eigenvalue weighted by Gasteiger charge is 2.26. The Morgan fingerprint density at radius 2 is 1.39 bits per heavy atom. The van der Waals surface area contributed by atoms with E-state index in [4.69, 9.17) is 5.21 Å². The molecule has 0 saturated heterocycles. The molecule has 160 valence electrons. The Morgan fingerprint density at radius 3 is 1.86 bits per heavy atom. The van der Waals surface area contributed by atoms with Gasteiger partial charge in [0.2, 0.25) is 5.91 Å². The number of thioether (sulfide) groups is 1. The second-order valence-electron chi connectivity index (χ2n) is 9.65. The zero-order valence-corrected chi connectivity index (χ0v) is 19.6. The number of carbonyl (C=O) groups excluding carboxylic acids is 1. The molecule has 4 nitrogen and oxygen atoms in total. The quantitative estimate of drug-likeness (QED) is 0.218. The second kappa shape index (κ2) is 10.5. The molecular formula is C23H39NO3S. The van der Waals surface area contributed by atoms with Crippen LogP contribution in [0.15, 0.2) is 17.0 Å². The highest BCUT2D eigenvalue weighted by molar-refractivity contribution is 7.99. The third-order valence-electron chi connectivity index (χ3n) is 4.86. The molecule has 28 heavy (non-hydrogen) atoms. The highest BCUT2D eigenvalue weighted by Crippen LogP contribution is 2.41. The molecule has 1 amide bonds. The topological polar surface area (TPSA) is 60.8 Å². The smallest absolute Gasteiger partial charge is 0.245 e. The molecule has 0 spiro atoms. The van der Waals surface area contributed by atoms with Crippen LogP contribution in [0.2, 0.25) is 0 Å². The normalized spacial score (nSPS) is 12.3. The van der Waals surface area contributed by atoms with Gasteiger partial charge in [-0.15, -0.1) is 11.8 Å². The van der Waals surface area contributed by atoms with Crippen LogP contribution in [0.3, 0.4) is 0 Å². The molecule has 1 aromatic rings. The van der Waals surface area contributed by atoms with E-state index in [2.05, 4.69) is 53.7 Å². The number of hydroxylamine groups is 2. The number of phenols is 1. The molecule has 2 N–H and O–H groups in total. The fraction of sp³-hybridized carbons (Fsp3) is 0.696. The van der Waals surface area contributed by atoms with Gasteiger partial charge in [-0.2, -0.15) is 0 Å². The van der Waals surface area contributed by atoms with Crippen LogP contribution < -0.4 is 0 Å². The van der Waals surface area contributed by atoms with E-state index in [1.165, 1.54) is 11.9 Å². The number of rotatable bonds is 9. The molecule has 1 aromatic carbocycles. The summed E-state index contributed by atoms with van der Waals surface area (Å²) in [5.74, 6) is 1.27. The molecule has 0 bridgehead atoms. The van der Waals surface area contributed by atoms with Gasteiger partial charge >= 0.3 is 0 Å². The Morgan fingerprint density at radius 1 is 0.929 bits per heavy atom. The van der Waals surface area contributed by atoms with Crippen molar-refractivity contribution in [2.75, 3.05) is 12.8 Å². The SMILES string of the molecule is CN(O)C(=O)CCCCCCCSc1cc(C(C)(C)C)c(O)c(C(C)(C)C)c1. The summed E-state index contributed by atoms with van der Waals surface area (Å²) in [4.78, 5) is 12.5. The van der Waals surface area contributed by atoms with Gasteiger partial charge in [0.15, 0.2) is 0 Å². The Balaban J connectivity index is 2.55. The summed E-state index contributed by atoms with van der Waals surface area (Å²) in [6.07, 6.45) is 5.66. The molecule has 0 fully saturated rings. The standard InChI is InChI=1S/C23H39NO3S/c1-22(2,3)18-15-17(16-19(21(18)26)23(4,5)6)28-14-12-10-8-9-11-13-20(25)24(7)27/h15-16,26-27H,8-14H2,1-7H3. The molecule has 0 atom stereocenters. The van der Waals surface area contributed by atoms with Crippen LogP contribution in [0.1, 0.15) is 91.2 Å². The molecular weight excluding hydrogens is 370 g/mol. The first-order chi connectivity index (χ1) is 12.8. The van der Waals surface area contributed by atoms with Crippen LogP contribution in [0.5, 0.6) is 5.75 Å². The summed E-state index contributed by atoms with van der Waals surface area (Å²) in [6, 6.07) is 4.29. The lowest BCUT2D eigenvalue weighted by Crippen LogP contribution is -2.21. The van der Waals surface area contributed by atoms with E-state index >= 15 is 0 Å². The number of amides is 1. The van der Waals surface area contributed by atoms with Crippen molar-refractivity contribution in [3.8, 4) is 5.75 Å². The zero-order valence-electron chi connectivity index (χ0n) is 18.8. The number of hydrogen-bond donors (Lipinski definition) is 2. The molecule has 0 radical (unpaired) electrons. The van der Waals surface area contributed by atoms with Crippen LogP contribution in [0.25, 0.3) is 0 Å². The molecule has 0 aliphatic heterocycles. The number of aromatic hydroxyl groups is 1. The largest absolute Gasteiger partial charge is 0.507 e. The summed E-state index contributed by atoms with van der Waals surface area (Å²) >= 11 is 1.86. The van der Waals surface area contributed by atoms with E-state index < -0.39 is 0 Å². The highest BCUT2D eigenvalue weighted by atomic mass is 32.2. The predicted molar refractivity (Wildman–Crippen MR) is 118 cm³/mol. The number of unbranched alkanes of at least 4 members (excludes halogenated alkanes) is 4. The van der Waals surface area contributed by atoms with Crippen molar-refractivity contribution in [3.05, 3.63) is 23.3 Å². The van der Waals surface area contributed by atoms with Crippen molar-refractivity contribution < 1.29 is 15.1 Å². The molecule has 0 aliphatic carbocycles. The monoisotopic (exact) mass is 409 g/mol. The molecule has 0 unspecified atom stereocenters. The molecule has 5 heteroatoms. The van der Waals surface area contributed by atoms with Crippen LogP contribution in [-0.2, 0) is 15.6 Å². The van der Waals surface area contributed by atoms with E-state index in [0.717, 1.165) is 49.0 Å².